The highest BCUT2D eigenvalue weighted by Gasteiger charge is 2.59. The molecule has 5 heteroatoms. The summed E-state index contributed by atoms with van der Waals surface area (Å²) in [4.78, 5) is 25.7. The Morgan fingerprint density at radius 2 is 1.79 bits per heavy atom. The molecule has 0 aliphatic heterocycles. The van der Waals surface area contributed by atoms with Crippen LogP contribution in [0.1, 0.15) is 129 Å². The topological polar surface area (TPSA) is 65.7 Å². The number of hydrogen-bond donors (Lipinski definition) is 0. The van der Waals surface area contributed by atoms with Crippen molar-refractivity contribution in [1.29, 1.82) is 0 Å². The molecular formula is C42H58O5. The van der Waals surface area contributed by atoms with Crippen molar-refractivity contribution in [1.82, 2.24) is 0 Å². The zero-order valence-electron chi connectivity index (χ0n) is 29.7. The first-order valence-electron chi connectivity index (χ1n) is 19.2. The summed E-state index contributed by atoms with van der Waals surface area (Å²) in [5.74, 6) is 4.97. The van der Waals surface area contributed by atoms with E-state index in [-0.39, 0.29) is 29.7 Å². The summed E-state index contributed by atoms with van der Waals surface area (Å²) in [7, 11) is 0. The monoisotopic (exact) mass is 642 g/mol. The molecule has 0 amide bonds. The molecule has 1 aromatic carbocycles. The predicted octanol–water partition coefficient (Wildman–Crippen LogP) is 10.0. The molecule has 0 spiro atoms. The lowest BCUT2D eigenvalue weighted by Gasteiger charge is -2.58. The van der Waals surface area contributed by atoms with E-state index < -0.39 is 0 Å². The number of carbonyl (C=O) groups is 1. The second-order valence-electron chi connectivity index (χ2n) is 17.1. The summed E-state index contributed by atoms with van der Waals surface area (Å²) in [6, 6.07) is 5.59. The molecule has 1 aromatic heterocycles. The highest BCUT2D eigenvalue weighted by Crippen LogP contribution is 2.67. The fraction of sp³-hybridized carbons (Fsp3) is 0.714. The van der Waals surface area contributed by atoms with Crippen LogP contribution in [0.4, 0.5) is 0 Å². The van der Waals surface area contributed by atoms with Crippen molar-refractivity contribution in [2.24, 2.45) is 46.3 Å². The Kier molecular flexibility index (Phi) is 9.15. The fourth-order valence-corrected chi connectivity index (χ4v) is 11.7. The van der Waals surface area contributed by atoms with Gasteiger partial charge in [0.05, 0.1) is 0 Å². The van der Waals surface area contributed by atoms with Gasteiger partial charge < -0.3 is 13.9 Å². The van der Waals surface area contributed by atoms with E-state index in [1.54, 1.807) is 11.6 Å². The first-order chi connectivity index (χ1) is 22.6. The summed E-state index contributed by atoms with van der Waals surface area (Å²) in [6.07, 6.45) is 20.0. The minimum Gasteiger partial charge on any atom is -0.482 e. The van der Waals surface area contributed by atoms with E-state index in [0.717, 1.165) is 91.0 Å². The van der Waals surface area contributed by atoms with Crippen molar-refractivity contribution >= 4 is 16.9 Å². The molecule has 5 aliphatic rings. The van der Waals surface area contributed by atoms with Gasteiger partial charge in [-0.2, -0.15) is 0 Å². The molecule has 3 fully saturated rings. The van der Waals surface area contributed by atoms with Crippen LogP contribution in [0.2, 0.25) is 0 Å². The molecule has 0 bridgehead atoms. The zero-order valence-corrected chi connectivity index (χ0v) is 29.7. The third-order valence-electron chi connectivity index (χ3n) is 14.1. The summed E-state index contributed by atoms with van der Waals surface area (Å²) in [5, 5.41) is 0.978. The van der Waals surface area contributed by atoms with Crippen LogP contribution in [0, 0.1) is 46.3 Å². The van der Waals surface area contributed by atoms with Crippen LogP contribution in [0.25, 0.3) is 11.0 Å². The highest BCUT2D eigenvalue weighted by molar-refractivity contribution is 5.83. The smallest absolute Gasteiger partial charge is 0.344 e. The second-order valence-corrected chi connectivity index (χ2v) is 17.1. The maximum atomic E-state index is 13.1. The zero-order chi connectivity index (χ0) is 32.9. The number of aryl methyl sites for hydroxylation is 1. The Labute approximate surface area is 282 Å². The Balaban J connectivity index is 0.974. The average Bonchev–Trinajstić information content (AvgIpc) is 3.40. The van der Waals surface area contributed by atoms with Crippen LogP contribution >= 0.6 is 0 Å². The van der Waals surface area contributed by atoms with Gasteiger partial charge in [0.15, 0.2) is 6.61 Å². The van der Waals surface area contributed by atoms with E-state index in [1.807, 2.05) is 12.1 Å². The molecule has 1 heterocycles. The molecule has 5 nitrogen and oxygen atoms in total. The summed E-state index contributed by atoms with van der Waals surface area (Å²) >= 11 is 0. The van der Waals surface area contributed by atoms with E-state index in [2.05, 4.69) is 40.7 Å². The van der Waals surface area contributed by atoms with Gasteiger partial charge in [-0.15, -0.1) is 0 Å². The van der Waals surface area contributed by atoms with E-state index in [1.165, 1.54) is 51.4 Å². The SMILES string of the molecule is CC(C)CCC[C@@H](C)[C@@H]1CC[C@@H]2[C@H]3CC=C4CC[C@@H](OC(=O)COc5ccc6c7c(c(=O)oc6c5)CCCC7)C[C@]4(C)[C@@H]3CC[C@]21C. The van der Waals surface area contributed by atoms with Crippen LogP contribution in [-0.2, 0) is 22.4 Å². The number of hydrogen-bond acceptors (Lipinski definition) is 5. The van der Waals surface area contributed by atoms with Gasteiger partial charge in [-0.1, -0.05) is 65.5 Å². The van der Waals surface area contributed by atoms with E-state index >= 15 is 0 Å². The fourth-order valence-electron chi connectivity index (χ4n) is 11.7. The molecule has 0 unspecified atom stereocenters. The molecule has 256 valence electrons. The van der Waals surface area contributed by atoms with Crippen LogP contribution in [0.3, 0.4) is 0 Å². The average molecular weight is 643 g/mol. The Morgan fingerprint density at radius 1 is 0.979 bits per heavy atom. The minimum atomic E-state index is -0.313. The van der Waals surface area contributed by atoms with Crippen molar-refractivity contribution < 1.29 is 18.7 Å². The number of rotatable bonds is 9. The van der Waals surface area contributed by atoms with Crippen molar-refractivity contribution in [3.63, 3.8) is 0 Å². The van der Waals surface area contributed by atoms with Gasteiger partial charge in [0.1, 0.15) is 17.4 Å². The second kappa shape index (κ2) is 13.0. The first-order valence-corrected chi connectivity index (χ1v) is 19.2. The largest absolute Gasteiger partial charge is 0.482 e. The summed E-state index contributed by atoms with van der Waals surface area (Å²) < 4.78 is 17.7. The lowest BCUT2D eigenvalue weighted by molar-refractivity contribution is -0.156. The Hall–Kier alpha value is -2.56. The van der Waals surface area contributed by atoms with Gasteiger partial charge in [0, 0.05) is 17.0 Å². The molecule has 8 atom stereocenters. The molecule has 0 N–H and O–H groups in total. The first kappa shape index (κ1) is 33.0. The molecule has 47 heavy (non-hydrogen) atoms. The van der Waals surface area contributed by atoms with Gasteiger partial charge in [-0.05, 0) is 141 Å². The van der Waals surface area contributed by atoms with Crippen molar-refractivity contribution in [3.8, 4) is 5.75 Å². The lowest BCUT2D eigenvalue weighted by atomic mass is 9.47. The van der Waals surface area contributed by atoms with Crippen LogP contribution < -0.4 is 10.4 Å². The van der Waals surface area contributed by atoms with Crippen molar-refractivity contribution in [3.05, 3.63) is 51.4 Å². The van der Waals surface area contributed by atoms with E-state index in [9.17, 15) is 9.59 Å². The molecule has 0 radical (unpaired) electrons. The third kappa shape index (κ3) is 6.12. The third-order valence-corrected chi connectivity index (χ3v) is 14.1. The predicted molar refractivity (Wildman–Crippen MR) is 188 cm³/mol. The highest BCUT2D eigenvalue weighted by atomic mass is 16.6. The number of allylic oxidation sites excluding steroid dienone is 2. The normalized spacial score (nSPS) is 33.7. The van der Waals surface area contributed by atoms with Gasteiger partial charge in [-0.3, -0.25) is 0 Å². The van der Waals surface area contributed by atoms with E-state index in [4.69, 9.17) is 13.9 Å². The lowest BCUT2D eigenvalue weighted by Crippen LogP contribution is -2.51. The molecule has 3 saturated carbocycles. The van der Waals surface area contributed by atoms with Gasteiger partial charge in [-0.25, -0.2) is 9.59 Å². The number of benzene rings is 1. The maximum Gasteiger partial charge on any atom is 0.344 e. The van der Waals surface area contributed by atoms with Gasteiger partial charge in [0.25, 0.3) is 0 Å². The number of esters is 1. The summed E-state index contributed by atoms with van der Waals surface area (Å²) in [6.45, 7) is 12.3. The van der Waals surface area contributed by atoms with Crippen molar-refractivity contribution in [2.45, 2.75) is 137 Å². The quantitative estimate of drug-likeness (QED) is 0.155. The molecule has 7 rings (SSSR count). The number of carbonyl (C=O) groups excluding carboxylic acids is 1. The number of fused-ring (bicyclic) bond motifs is 8. The van der Waals surface area contributed by atoms with Gasteiger partial charge >= 0.3 is 11.6 Å². The molecular weight excluding hydrogens is 584 g/mol. The Morgan fingerprint density at radius 3 is 2.60 bits per heavy atom. The molecule has 2 aromatic rings. The maximum absolute atomic E-state index is 13.1. The van der Waals surface area contributed by atoms with Crippen molar-refractivity contribution in [2.75, 3.05) is 6.61 Å². The summed E-state index contributed by atoms with van der Waals surface area (Å²) in [5.41, 5.74) is 4.44. The number of ether oxygens (including phenoxy) is 2. The van der Waals surface area contributed by atoms with Gasteiger partial charge in [0.2, 0.25) is 0 Å². The van der Waals surface area contributed by atoms with Crippen LogP contribution in [0.15, 0.2) is 39.1 Å². The standard InChI is InChI=1S/C42H58O5/c1-26(2)9-8-10-27(3)35-19-20-36-34-17-14-28-13-15-30(24-42(28,5)37(34)21-22-41(35,36)4)46-39(43)25-45-29-16-18-32-31-11-6-7-12-33(31)40(44)47-38(32)23-29/h14,16,18,23,26-27,30,34-37H,6-13,15,17,19-22,24-25H2,1-5H3/t27-,30-,34-,35+,36-,37-,41+,42+/m1/s1. The van der Waals surface area contributed by atoms with E-state index in [0.29, 0.717) is 22.7 Å². The Bertz CT molecular complexity index is 1570. The molecule has 5 aliphatic carbocycles. The molecule has 0 saturated heterocycles. The minimum absolute atomic E-state index is 0.0706. The van der Waals surface area contributed by atoms with Crippen LogP contribution in [0.5, 0.6) is 5.75 Å². The van der Waals surface area contributed by atoms with Crippen LogP contribution in [-0.4, -0.2) is 18.7 Å².